The van der Waals surface area contributed by atoms with Crippen LogP contribution in [0.1, 0.15) is 36.4 Å². The first-order valence-electron chi connectivity index (χ1n) is 5.20. The summed E-state index contributed by atoms with van der Waals surface area (Å²) in [7, 11) is 0. The normalized spacial score (nSPS) is 11.5. The smallest absolute Gasteiger partial charge is 0.261 e. The molecular formula is C11H15BrClNOS. The molecule has 0 atom stereocenters. The minimum atomic E-state index is -0.159. The number of alkyl halides is 1. The number of amides is 1. The molecule has 0 fully saturated rings. The van der Waals surface area contributed by atoms with Crippen molar-refractivity contribution >= 4 is 44.8 Å². The highest BCUT2D eigenvalue weighted by Gasteiger charge is 2.27. The van der Waals surface area contributed by atoms with E-state index in [1.165, 1.54) is 11.3 Å². The van der Waals surface area contributed by atoms with Gasteiger partial charge in [-0.1, -0.05) is 41.4 Å². The molecule has 0 aliphatic carbocycles. The molecule has 1 aromatic heterocycles. The molecule has 16 heavy (non-hydrogen) atoms. The van der Waals surface area contributed by atoms with Gasteiger partial charge in [0.05, 0.1) is 9.21 Å². The van der Waals surface area contributed by atoms with Gasteiger partial charge in [-0.05, 0) is 25.0 Å². The molecule has 0 aliphatic heterocycles. The molecule has 5 heteroatoms. The van der Waals surface area contributed by atoms with Crippen LogP contribution in [0.4, 0.5) is 0 Å². The Bertz CT molecular complexity index is 354. The molecule has 0 spiro atoms. The second-order valence-corrected chi connectivity index (χ2v) is 5.95. The van der Waals surface area contributed by atoms with Crippen molar-refractivity contribution in [3.8, 4) is 0 Å². The van der Waals surface area contributed by atoms with Gasteiger partial charge in [0.1, 0.15) is 0 Å². The quantitative estimate of drug-likeness (QED) is 0.812. The van der Waals surface area contributed by atoms with E-state index in [1.807, 2.05) is 0 Å². The SMILES string of the molecule is CCC(CC)(CBr)NC(=O)c1ccc(Cl)s1. The number of halogens is 2. The number of carbonyl (C=O) groups is 1. The minimum absolute atomic E-state index is 0.0416. The second-order valence-electron chi connectivity index (χ2n) is 3.68. The molecule has 0 aromatic carbocycles. The highest BCUT2D eigenvalue weighted by Crippen LogP contribution is 2.24. The fourth-order valence-corrected chi connectivity index (χ4v) is 3.26. The lowest BCUT2D eigenvalue weighted by molar-refractivity contribution is 0.0908. The van der Waals surface area contributed by atoms with Crippen LogP contribution in [-0.4, -0.2) is 16.8 Å². The number of hydrogen-bond acceptors (Lipinski definition) is 2. The lowest BCUT2D eigenvalue weighted by Crippen LogP contribution is -2.48. The molecule has 1 heterocycles. The zero-order chi connectivity index (χ0) is 12.2. The van der Waals surface area contributed by atoms with Gasteiger partial charge in [-0.25, -0.2) is 0 Å². The summed E-state index contributed by atoms with van der Waals surface area (Å²) in [5, 5.41) is 3.84. The number of carbonyl (C=O) groups excluding carboxylic acids is 1. The van der Waals surface area contributed by atoms with Crippen LogP contribution < -0.4 is 5.32 Å². The standard InChI is InChI=1S/C11H15BrClNOS/c1-3-11(4-2,7-12)14-10(15)8-5-6-9(13)16-8/h5-6H,3-4,7H2,1-2H3,(H,14,15). The maximum Gasteiger partial charge on any atom is 0.261 e. The first kappa shape index (κ1) is 14.0. The summed E-state index contributed by atoms with van der Waals surface area (Å²) < 4.78 is 0.641. The van der Waals surface area contributed by atoms with E-state index in [0.29, 0.717) is 9.21 Å². The number of thiophene rings is 1. The second kappa shape index (κ2) is 6.03. The molecule has 0 radical (unpaired) electrons. The fourth-order valence-electron chi connectivity index (χ4n) is 1.39. The fraction of sp³-hybridized carbons (Fsp3) is 0.545. The van der Waals surface area contributed by atoms with Crippen LogP contribution in [0.2, 0.25) is 4.34 Å². The summed E-state index contributed by atoms with van der Waals surface area (Å²) in [6, 6.07) is 3.50. The Labute approximate surface area is 114 Å². The molecule has 2 nitrogen and oxygen atoms in total. The van der Waals surface area contributed by atoms with Gasteiger partial charge in [0.15, 0.2) is 0 Å². The van der Waals surface area contributed by atoms with Gasteiger partial charge in [0, 0.05) is 10.9 Å². The lowest BCUT2D eigenvalue weighted by atomic mass is 9.95. The first-order valence-corrected chi connectivity index (χ1v) is 7.52. The molecule has 1 N–H and O–H groups in total. The van der Waals surface area contributed by atoms with Gasteiger partial charge in [-0.3, -0.25) is 4.79 Å². The highest BCUT2D eigenvalue weighted by molar-refractivity contribution is 9.09. The molecule has 0 unspecified atom stereocenters. The van der Waals surface area contributed by atoms with Gasteiger partial charge in [-0.2, -0.15) is 0 Å². The van der Waals surface area contributed by atoms with Crippen molar-refractivity contribution in [3.63, 3.8) is 0 Å². The molecule has 0 saturated carbocycles. The Kier molecular flexibility index (Phi) is 5.28. The van der Waals surface area contributed by atoms with Crippen LogP contribution >= 0.6 is 38.9 Å². The third kappa shape index (κ3) is 3.22. The molecule has 90 valence electrons. The summed E-state index contributed by atoms with van der Waals surface area (Å²) in [4.78, 5) is 12.6. The molecule has 1 amide bonds. The van der Waals surface area contributed by atoms with Gasteiger partial charge < -0.3 is 5.32 Å². The van der Waals surface area contributed by atoms with Crippen LogP contribution in [0.3, 0.4) is 0 Å². The predicted molar refractivity (Wildman–Crippen MR) is 73.9 cm³/mol. The molecule has 0 bridgehead atoms. The maximum absolute atomic E-state index is 12.0. The summed E-state index contributed by atoms with van der Waals surface area (Å²) in [6.07, 6.45) is 1.80. The third-order valence-corrected chi connectivity index (χ3v) is 5.09. The Balaban J connectivity index is 2.76. The van der Waals surface area contributed by atoms with Crippen LogP contribution in [0.25, 0.3) is 0 Å². The zero-order valence-electron chi connectivity index (χ0n) is 9.35. The summed E-state index contributed by atoms with van der Waals surface area (Å²) in [5.74, 6) is -0.0416. The minimum Gasteiger partial charge on any atom is -0.345 e. The predicted octanol–water partition coefficient (Wildman–Crippen LogP) is 4.09. The topological polar surface area (TPSA) is 29.1 Å². The van der Waals surface area contributed by atoms with Gasteiger partial charge >= 0.3 is 0 Å². The molecule has 1 rings (SSSR count). The van der Waals surface area contributed by atoms with E-state index in [4.69, 9.17) is 11.6 Å². The van der Waals surface area contributed by atoms with E-state index in [0.717, 1.165) is 18.2 Å². The highest BCUT2D eigenvalue weighted by atomic mass is 79.9. The summed E-state index contributed by atoms with van der Waals surface area (Å²) in [5.41, 5.74) is -0.159. The van der Waals surface area contributed by atoms with E-state index >= 15 is 0 Å². The van der Waals surface area contributed by atoms with Crippen molar-refractivity contribution in [2.24, 2.45) is 0 Å². The van der Waals surface area contributed by atoms with Crippen LogP contribution in [0.5, 0.6) is 0 Å². The largest absolute Gasteiger partial charge is 0.345 e. The Hall–Kier alpha value is -0.0600. The van der Waals surface area contributed by atoms with Gasteiger partial charge in [0.25, 0.3) is 5.91 Å². The van der Waals surface area contributed by atoms with Crippen LogP contribution in [0.15, 0.2) is 12.1 Å². The van der Waals surface area contributed by atoms with Crippen LogP contribution in [-0.2, 0) is 0 Å². The Morgan fingerprint density at radius 3 is 2.50 bits per heavy atom. The van der Waals surface area contributed by atoms with E-state index < -0.39 is 0 Å². The van der Waals surface area contributed by atoms with E-state index in [9.17, 15) is 4.79 Å². The summed E-state index contributed by atoms with van der Waals surface area (Å²) >= 11 is 10.6. The monoisotopic (exact) mass is 323 g/mol. The van der Waals surface area contributed by atoms with Crippen molar-refractivity contribution < 1.29 is 4.79 Å². The van der Waals surface area contributed by atoms with Crippen molar-refractivity contribution in [2.75, 3.05) is 5.33 Å². The lowest BCUT2D eigenvalue weighted by Gasteiger charge is -2.30. The Morgan fingerprint density at radius 2 is 2.12 bits per heavy atom. The maximum atomic E-state index is 12.0. The molecule has 0 saturated heterocycles. The zero-order valence-corrected chi connectivity index (χ0v) is 12.5. The van der Waals surface area contributed by atoms with Crippen molar-refractivity contribution in [3.05, 3.63) is 21.3 Å². The number of rotatable bonds is 5. The van der Waals surface area contributed by atoms with E-state index in [1.54, 1.807) is 12.1 Å². The molecule has 0 aliphatic rings. The van der Waals surface area contributed by atoms with Crippen molar-refractivity contribution in [1.29, 1.82) is 0 Å². The van der Waals surface area contributed by atoms with Crippen molar-refractivity contribution in [2.45, 2.75) is 32.2 Å². The van der Waals surface area contributed by atoms with E-state index in [2.05, 4.69) is 35.1 Å². The number of nitrogens with one attached hydrogen (secondary N) is 1. The first-order chi connectivity index (χ1) is 7.56. The van der Waals surface area contributed by atoms with Crippen LogP contribution in [0, 0.1) is 0 Å². The summed E-state index contributed by atoms with van der Waals surface area (Å²) in [6.45, 7) is 4.15. The van der Waals surface area contributed by atoms with E-state index in [-0.39, 0.29) is 11.4 Å². The Morgan fingerprint density at radius 1 is 1.50 bits per heavy atom. The average Bonchev–Trinajstić information content (AvgIpc) is 2.73. The van der Waals surface area contributed by atoms with Crippen molar-refractivity contribution in [1.82, 2.24) is 5.32 Å². The molecular weight excluding hydrogens is 310 g/mol. The average molecular weight is 325 g/mol. The van der Waals surface area contributed by atoms with Gasteiger partial charge in [-0.15, -0.1) is 11.3 Å². The molecule has 1 aromatic rings. The third-order valence-electron chi connectivity index (χ3n) is 2.79. The number of hydrogen-bond donors (Lipinski definition) is 1. The van der Waals surface area contributed by atoms with Gasteiger partial charge in [0.2, 0.25) is 0 Å².